The van der Waals surface area contributed by atoms with Gasteiger partial charge in [-0.15, -0.1) is 0 Å². The van der Waals surface area contributed by atoms with E-state index in [1.54, 1.807) is 0 Å². The van der Waals surface area contributed by atoms with Crippen LogP contribution in [-0.4, -0.2) is 12.1 Å². The minimum atomic E-state index is -0.0611. The van der Waals surface area contributed by atoms with Crippen molar-refractivity contribution in [3.8, 4) is 0 Å². The van der Waals surface area contributed by atoms with E-state index in [1.807, 2.05) is 6.92 Å². The Morgan fingerprint density at radius 2 is 2.17 bits per heavy atom. The normalized spacial score (nSPS) is 29.1. The van der Waals surface area contributed by atoms with Crippen LogP contribution in [0.2, 0.25) is 0 Å². The van der Waals surface area contributed by atoms with Crippen LogP contribution in [0.25, 0.3) is 0 Å². The van der Waals surface area contributed by atoms with E-state index < -0.39 is 0 Å². The largest absolute Gasteiger partial charge is 0.463 e. The fraction of sp³-hybridized carbons (Fsp3) is 0.700. The monoisotopic (exact) mass is 168 g/mol. The maximum absolute atomic E-state index is 11.1. The van der Waals surface area contributed by atoms with Gasteiger partial charge < -0.3 is 4.74 Å². The molecular formula is C10H16O2. The first-order chi connectivity index (χ1) is 5.79. The third-order valence-electron chi connectivity index (χ3n) is 2.00. The van der Waals surface area contributed by atoms with Gasteiger partial charge in [-0.05, 0) is 32.6 Å². The summed E-state index contributed by atoms with van der Waals surface area (Å²) in [4.78, 5) is 11.1. The predicted octanol–water partition coefficient (Wildman–Crippen LogP) is 2.44. The molecule has 12 heavy (non-hydrogen) atoms. The lowest BCUT2D eigenvalue weighted by atomic mass is 10.1. The van der Waals surface area contributed by atoms with Gasteiger partial charge in [0.25, 0.3) is 0 Å². The molecule has 0 saturated heterocycles. The zero-order chi connectivity index (χ0) is 8.81. The lowest BCUT2D eigenvalue weighted by Gasteiger charge is -2.13. The van der Waals surface area contributed by atoms with Gasteiger partial charge in [0.1, 0.15) is 0 Å². The Bertz CT molecular complexity index is 173. The zero-order valence-corrected chi connectivity index (χ0v) is 7.58. The van der Waals surface area contributed by atoms with Crippen LogP contribution in [0, 0.1) is 0 Å². The summed E-state index contributed by atoms with van der Waals surface area (Å²) in [5.74, 6) is -0.0611. The van der Waals surface area contributed by atoms with Crippen molar-refractivity contribution in [1.29, 1.82) is 0 Å². The topological polar surface area (TPSA) is 26.3 Å². The summed E-state index contributed by atoms with van der Waals surface area (Å²) < 4.78 is 5.15. The smallest absolute Gasteiger partial charge is 0.306 e. The molecule has 1 atom stereocenters. The SMILES string of the molecule is C[C@H]1CCC/C=C/CCC(=O)O1. The molecule has 0 aromatic rings. The van der Waals surface area contributed by atoms with Crippen LogP contribution in [0.3, 0.4) is 0 Å². The average molecular weight is 168 g/mol. The van der Waals surface area contributed by atoms with Gasteiger partial charge in [0.15, 0.2) is 0 Å². The van der Waals surface area contributed by atoms with Gasteiger partial charge in [-0.1, -0.05) is 12.2 Å². The molecule has 1 rings (SSSR count). The maximum Gasteiger partial charge on any atom is 0.306 e. The van der Waals surface area contributed by atoms with Crippen molar-refractivity contribution >= 4 is 5.97 Å². The fourth-order valence-electron chi connectivity index (χ4n) is 1.30. The molecule has 1 aliphatic heterocycles. The Hall–Kier alpha value is -0.790. The number of hydrogen-bond acceptors (Lipinski definition) is 2. The van der Waals surface area contributed by atoms with E-state index in [-0.39, 0.29) is 12.1 Å². The summed E-state index contributed by atoms with van der Waals surface area (Å²) in [5, 5.41) is 0. The Balaban J connectivity index is 2.40. The molecule has 0 bridgehead atoms. The maximum atomic E-state index is 11.1. The highest BCUT2D eigenvalue weighted by atomic mass is 16.5. The van der Waals surface area contributed by atoms with Crippen LogP contribution < -0.4 is 0 Å². The van der Waals surface area contributed by atoms with Crippen LogP contribution in [-0.2, 0) is 9.53 Å². The molecule has 0 saturated carbocycles. The molecule has 1 heterocycles. The second-order valence-electron chi connectivity index (χ2n) is 3.24. The molecule has 0 aromatic heterocycles. The summed E-state index contributed by atoms with van der Waals surface area (Å²) in [7, 11) is 0. The third kappa shape index (κ3) is 3.56. The minimum Gasteiger partial charge on any atom is -0.463 e. The quantitative estimate of drug-likeness (QED) is 0.410. The summed E-state index contributed by atoms with van der Waals surface area (Å²) >= 11 is 0. The molecule has 0 fully saturated rings. The molecule has 1 aliphatic rings. The number of cyclic esters (lactones) is 1. The third-order valence-corrected chi connectivity index (χ3v) is 2.00. The van der Waals surface area contributed by atoms with Gasteiger partial charge in [0, 0.05) is 6.42 Å². The van der Waals surface area contributed by atoms with E-state index in [2.05, 4.69) is 12.2 Å². The zero-order valence-electron chi connectivity index (χ0n) is 7.58. The van der Waals surface area contributed by atoms with E-state index in [0.29, 0.717) is 6.42 Å². The highest BCUT2D eigenvalue weighted by Crippen LogP contribution is 2.09. The second kappa shape index (κ2) is 4.96. The van der Waals surface area contributed by atoms with E-state index in [1.165, 1.54) is 0 Å². The van der Waals surface area contributed by atoms with Gasteiger partial charge in [-0.25, -0.2) is 0 Å². The number of allylic oxidation sites excluding steroid dienone is 2. The van der Waals surface area contributed by atoms with Crippen molar-refractivity contribution in [2.24, 2.45) is 0 Å². The van der Waals surface area contributed by atoms with Crippen LogP contribution >= 0.6 is 0 Å². The number of carbonyl (C=O) groups excluding carboxylic acids is 1. The van der Waals surface area contributed by atoms with Crippen molar-refractivity contribution < 1.29 is 9.53 Å². The van der Waals surface area contributed by atoms with Crippen molar-refractivity contribution in [1.82, 2.24) is 0 Å². The van der Waals surface area contributed by atoms with Crippen LogP contribution in [0.1, 0.15) is 39.0 Å². The Morgan fingerprint density at radius 3 is 3.00 bits per heavy atom. The molecule has 0 spiro atoms. The summed E-state index contributed by atoms with van der Waals surface area (Å²) in [5.41, 5.74) is 0. The molecule has 0 aromatic carbocycles. The first-order valence-electron chi connectivity index (χ1n) is 4.63. The number of hydrogen-bond donors (Lipinski definition) is 0. The highest BCUT2D eigenvalue weighted by molar-refractivity contribution is 5.69. The molecule has 2 nitrogen and oxygen atoms in total. The van der Waals surface area contributed by atoms with E-state index in [4.69, 9.17) is 4.74 Å². The number of rotatable bonds is 0. The van der Waals surface area contributed by atoms with Gasteiger partial charge in [0.05, 0.1) is 6.10 Å². The van der Waals surface area contributed by atoms with E-state index in [9.17, 15) is 4.79 Å². The van der Waals surface area contributed by atoms with E-state index in [0.717, 1.165) is 25.7 Å². The number of esters is 1. The lowest BCUT2D eigenvalue weighted by molar-refractivity contribution is -0.148. The van der Waals surface area contributed by atoms with Crippen LogP contribution in [0.5, 0.6) is 0 Å². The minimum absolute atomic E-state index is 0.0611. The molecule has 0 amide bonds. The van der Waals surface area contributed by atoms with Crippen molar-refractivity contribution in [2.75, 3.05) is 0 Å². The Labute approximate surface area is 73.6 Å². The summed E-state index contributed by atoms with van der Waals surface area (Å²) in [6.45, 7) is 1.96. The summed E-state index contributed by atoms with van der Waals surface area (Å²) in [6, 6.07) is 0. The van der Waals surface area contributed by atoms with Crippen molar-refractivity contribution in [3.63, 3.8) is 0 Å². The highest BCUT2D eigenvalue weighted by Gasteiger charge is 2.08. The second-order valence-corrected chi connectivity index (χ2v) is 3.24. The van der Waals surface area contributed by atoms with Crippen LogP contribution in [0.15, 0.2) is 12.2 Å². The average Bonchev–Trinajstić information content (AvgIpc) is 2.02. The van der Waals surface area contributed by atoms with Crippen molar-refractivity contribution in [3.05, 3.63) is 12.2 Å². The van der Waals surface area contributed by atoms with Crippen molar-refractivity contribution in [2.45, 2.75) is 45.1 Å². The Kier molecular flexibility index (Phi) is 3.85. The first kappa shape index (κ1) is 9.30. The molecule has 0 N–H and O–H groups in total. The van der Waals surface area contributed by atoms with Gasteiger partial charge >= 0.3 is 5.97 Å². The molecule has 0 radical (unpaired) electrons. The molecular weight excluding hydrogens is 152 g/mol. The standard InChI is InChI=1S/C10H16O2/c1-9-7-5-3-2-4-6-8-10(11)12-9/h2,4,9H,3,5-8H2,1H3/b4-2+/t9-/m0/s1. The molecule has 0 aliphatic carbocycles. The van der Waals surface area contributed by atoms with Crippen LogP contribution in [0.4, 0.5) is 0 Å². The molecule has 2 heteroatoms. The number of carbonyl (C=O) groups is 1. The fourth-order valence-corrected chi connectivity index (χ4v) is 1.30. The van der Waals surface area contributed by atoms with E-state index >= 15 is 0 Å². The van der Waals surface area contributed by atoms with Gasteiger partial charge in [-0.2, -0.15) is 0 Å². The van der Waals surface area contributed by atoms with Gasteiger partial charge in [-0.3, -0.25) is 4.79 Å². The van der Waals surface area contributed by atoms with Gasteiger partial charge in [0.2, 0.25) is 0 Å². The summed E-state index contributed by atoms with van der Waals surface area (Å²) in [6.07, 6.45) is 8.89. The Morgan fingerprint density at radius 1 is 1.42 bits per heavy atom. The molecule has 0 unspecified atom stereocenters. The lowest BCUT2D eigenvalue weighted by Crippen LogP contribution is -2.14. The number of ether oxygens (including phenoxy) is 1. The first-order valence-corrected chi connectivity index (χ1v) is 4.63. The predicted molar refractivity (Wildman–Crippen MR) is 47.8 cm³/mol. The molecule has 68 valence electrons.